The molecule has 0 aromatic heterocycles. The fourth-order valence-electron chi connectivity index (χ4n) is 2.74. The van der Waals surface area contributed by atoms with Gasteiger partial charge in [-0.15, -0.1) is 0 Å². The number of nitrogens with zero attached hydrogens (tertiary/aromatic N) is 2. The lowest BCUT2D eigenvalue weighted by Crippen LogP contribution is -1.87. The Hall–Kier alpha value is -2.84. The summed E-state index contributed by atoms with van der Waals surface area (Å²) in [4.78, 5) is 3.41. The predicted octanol–water partition coefficient (Wildman–Crippen LogP) is 4.49. The highest BCUT2D eigenvalue weighted by Gasteiger charge is 2.26. The number of nitriles is 1. The van der Waals surface area contributed by atoms with Gasteiger partial charge < -0.3 is 0 Å². The minimum atomic E-state index is 0.168. The van der Waals surface area contributed by atoms with Crippen LogP contribution in [0.4, 0.5) is 0 Å². The average Bonchev–Trinajstić information content (AvgIpc) is 2.74. The van der Waals surface area contributed by atoms with Crippen molar-refractivity contribution in [3.8, 4) is 17.2 Å². The monoisotopic (exact) mass is 256 g/mol. The van der Waals surface area contributed by atoms with Crippen LogP contribution in [0.1, 0.15) is 22.3 Å². The van der Waals surface area contributed by atoms with Crippen LogP contribution in [-0.2, 0) is 0 Å². The zero-order valence-electron chi connectivity index (χ0n) is 11.4. The molecule has 20 heavy (non-hydrogen) atoms. The third-order valence-electron chi connectivity index (χ3n) is 3.63. The molecule has 1 aliphatic rings. The zero-order valence-corrected chi connectivity index (χ0v) is 11.4. The van der Waals surface area contributed by atoms with Crippen LogP contribution < -0.4 is 0 Å². The Morgan fingerprint density at radius 2 is 1.45 bits per heavy atom. The predicted molar refractivity (Wildman–Crippen MR) is 79.6 cm³/mol. The topological polar surface area (TPSA) is 28.1 Å². The van der Waals surface area contributed by atoms with Crippen molar-refractivity contribution in [2.75, 3.05) is 0 Å². The van der Waals surface area contributed by atoms with Crippen LogP contribution in [0.5, 0.6) is 0 Å². The smallest absolute Gasteiger partial charge is 0.226 e. The summed E-state index contributed by atoms with van der Waals surface area (Å²) in [5.41, 5.74) is 7.42. The van der Waals surface area contributed by atoms with Gasteiger partial charge in [-0.05, 0) is 36.1 Å². The maximum Gasteiger partial charge on any atom is 0.270 e. The van der Waals surface area contributed by atoms with Gasteiger partial charge in [-0.2, -0.15) is 0 Å². The van der Waals surface area contributed by atoms with Gasteiger partial charge in [0.1, 0.15) is 0 Å². The molecule has 0 fully saturated rings. The number of rotatable bonds is 0. The van der Waals surface area contributed by atoms with E-state index in [1.54, 1.807) is 0 Å². The minimum absolute atomic E-state index is 0.168. The molecular weight excluding hydrogens is 244 g/mol. The molecule has 2 nitrogen and oxygen atoms in total. The minimum Gasteiger partial charge on any atom is -0.226 e. The second kappa shape index (κ2) is 4.37. The van der Waals surface area contributed by atoms with Crippen LogP contribution in [-0.4, -0.2) is 0 Å². The van der Waals surface area contributed by atoms with Crippen molar-refractivity contribution in [3.63, 3.8) is 0 Å². The van der Waals surface area contributed by atoms with Gasteiger partial charge in [-0.3, -0.25) is 0 Å². The fraction of sp³-hybridized carbons (Fsp3) is 0.111. The van der Waals surface area contributed by atoms with Crippen LogP contribution in [0.15, 0.2) is 42.1 Å². The van der Waals surface area contributed by atoms with Gasteiger partial charge in [-0.25, -0.2) is 10.1 Å². The van der Waals surface area contributed by atoms with Gasteiger partial charge >= 0.3 is 0 Å². The van der Waals surface area contributed by atoms with E-state index < -0.39 is 0 Å². The van der Waals surface area contributed by atoms with Crippen molar-refractivity contribution >= 4 is 5.57 Å². The number of aryl methyl sites for hydroxylation is 2. The summed E-state index contributed by atoms with van der Waals surface area (Å²) in [5, 5.41) is 9.25. The molecule has 2 aromatic carbocycles. The Morgan fingerprint density at radius 3 is 1.85 bits per heavy atom. The molecule has 0 amide bonds. The summed E-state index contributed by atoms with van der Waals surface area (Å²) in [6.45, 7) is 11.3. The standard InChI is InChI=1S/C18H12N2/c1-11-4-6-13-14-7-5-12(2)9-16(14)18(15(13)8-11)17(10-19)20-3/h4-9H,1-2H3. The summed E-state index contributed by atoms with van der Waals surface area (Å²) >= 11 is 0. The van der Waals surface area contributed by atoms with Gasteiger partial charge in [0, 0.05) is 5.57 Å². The summed E-state index contributed by atoms with van der Waals surface area (Å²) in [6, 6.07) is 14.4. The molecule has 3 rings (SSSR count). The van der Waals surface area contributed by atoms with Crippen molar-refractivity contribution < 1.29 is 0 Å². The number of hydrogen-bond acceptors (Lipinski definition) is 1. The first-order valence-electron chi connectivity index (χ1n) is 6.40. The first-order valence-corrected chi connectivity index (χ1v) is 6.40. The first kappa shape index (κ1) is 12.2. The molecule has 0 radical (unpaired) electrons. The Bertz CT molecular complexity index is 773. The second-order valence-corrected chi connectivity index (χ2v) is 5.05. The van der Waals surface area contributed by atoms with Crippen molar-refractivity contribution in [2.45, 2.75) is 13.8 Å². The van der Waals surface area contributed by atoms with E-state index in [1.807, 2.05) is 19.9 Å². The third kappa shape index (κ3) is 1.63. The van der Waals surface area contributed by atoms with Crippen molar-refractivity contribution in [1.82, 2.24) is 0 Å². The highest BCUT2D eigenvalue weighted by atomic mass is 14.7. The lowest BCUT2D eigenvalue weighted by Gasteiger charge is -2.04. The van der Waals surface area contributed by atoms with E-state index in [-0.39, 0.29) is 5.70 Å². The molecule has 0 spiro atoms. The van der Waals surface area contributed by atoms with Gasteiger partial charge in [0.15, 0.2) is 0 Å². The Kier molecular flexibility index (Phi) is 2.67. The quantitative estimate of drug-likeness (QED) is 0.430. The van der Waals surface area contributed by atoms with Crippen molar-refractivity contribution in [2.24, 2.45) is 0 Å². The number of benzene rings is 2. The van der Waals surface area contributed by atoms with E-state index in [0.29, 0.717) is 0 Å². The normalized spacial score (nSPS) is 11.3. The summed E-state index contributed by atoms with van der Waals surface area (Å²) in [7, 11) is 0. The fourth-order valence-corrected chi connectivity index (χ4v) is 2.74. The molecule has 0 heterocycles. The van der Waals surface area contributed by atoms with Crippen molar-refractivity contribution in [3.05, 3.63) is 75.8 Å². The van der Waals surface area contributed by atoms with Crippen LogP contribution in [0, 0.1) is 31.8 Å². The van der Waals surface area contributed by atoms with Gasteiger partial charge in [0.2, 0.25) is 0 Å². The Labute approximate surface area is 118 Å². The molecular formula is C18H12N2. The largest absolute Gasteiger partial charge is 0.270 e. The van der Waals surface area contributed by atoms with Crippen LogP contribution >= 0.6 is 0 Å². The summed E-state index contributed by atoms with van der Waals surface area (Å²) in [5.74, 6) is 0. The lowest BCUT2D eigenvalue weighted by molar-refractivity contribution is 1.45. The summed E-state index contributed by atoms with van der Waals surface area (Å²) in [6.07, 6.45) is 0. The lowest BCUT2D eigenvalue weighted by atomic mass is 10.00. The van der Waals surface area contributed by atoms with E-state index in [0.717, 1.165) is 39.0 Å². The van der Waals surface area contributed by atoms with Gasteiger partial charge in [0.05, 0.1) is 12.6 Å². The molecule has 0 saturated heterocycles. The van der Waals surface area contributed by atoms with Crippen molar-refractivity contribution in [1.29, 1.82) is 5.26 Å². The molecule has 0 aliphatic heterocycles. The van der Waals surface area contributed by atoms with Gasteiger partial charge in [0.25, 0.3) is 5.70 Å². The van der Waals surface area contributed by atoms with Crippen LogP contribution in [0.3, 0.4) is 0 Å². The number of allylic oxidation sites excluding steroid dienone is 1. The first-order chi connectivity index (χ1) is 9.65. The number of fused-ring (bicyclic) bond motifs is 3. The maximum absolute atomic E-state index is 9.25. The molecule has 0 saturated carbocycles. The Balaban J connectivity index is 2.47. The van der Waals surface area contributed by atoms with E-state index >= 15 is 0 Å². The van der Waals surface area contributed by atoms with Crippen LogP contribution in [0.25, 0.3) is 21.5 Å². The summed E-state index contributed by atoms with van der Waals surface area (Å²) < 4.78 is 0. The molecule has 2 heteroatoms. The average molecular weight is 256 g/mol. The molecule has 1 aliphatic carbocycles. The molecule has 0 bridgehead atoms. The van der Waals surface area contributed by atoms with E-state index in [9.17, 15) is 5.26 Å². The highest BCUT2D eigenvalue weighted by molar-refractivity contribution is 6.03. The molecule has 0 N–H and O–H groups in total. The molecule has 0 unspecified atom stereocenters. The second-order valence-electron chi connectivity index (χ2n) is 5.05. The molecule has 94 valence electrons. The van der Waals surface area contributed by atoms with Crippen LogP contribution in [0.2, 0.25) is 0 Å². The molecule has 2 aromatic rings. The Morgan fingerprint density at radius 1 is 0.950 bits per heavy atom. The van der Waals surface area contributed by atoms with E-state index in [1.165, 1.54) is 0 Å². The third-order valence-corrected chi connectivity index (χ3v) is 3.63. The maximum atomic E-state index is 9.25. The van der Waals surface area contributed by atoms with E-state index in [4.69, 9.17) is 6.57 Å². The molecule has 0 atom stereocenters. The highest BCUT2D eigenvalue weighted by Crippen LogP contribution is 2.46. The SMILES string of the molecule is [C-]#[N+]C(C#N)=C1c2cc(C)ccc2-c2ccc(C)cc21. The zero-order chi connectivity index (χ0) is 14.3. The van der Waals surface area contributed by atoms with E-state index in [2.05, 4.69) is 41.2 Å². The van der Waals surface area contributed by atoms with Gasteiger partial charge in [-0.1, -0.05) is 47.5 Å². The number of hydrogen-bond donors (Lipinski definition) is 0.